The van der Waals surface area contributed by atoms with Crippen LogP contribution in [0, 0.1) is 22.9 Å². The molecule has 0 aliphatic heterocycles. The van der Waals surface area contributed by atoms with Gasteiger partial charge in [0, 0.05) is 12.6 Å². The van der Waals surface area contributed by atoms with Gasteiger partial charge in [0.25, 0.3) is 0 Å². The molecule has 3 nitrogen and oxygen atoms in total. The highest BCUT2D eigenvalue weighted by Crippen LogP contribution is 2.31. The number of nitrogens with zero attached hydrogens (tertiary/aromatic N) is 1. The number of para-hydroxylation sites is 1. The first kappa shape index (κ1) is 13.9. The van der Waals surface area contributed by atoms with Gasteiger partial charge in [0.1, 0.15) is 17.3 Å². The van der Waals surface area contributed by atoms with Gasteiger partial charge in [-0.05, 0) is 24.3 Å². The lowest BCUT2D eigenvalue weighted by Gasteiger charge is -2.21. The number of hydrogen-bond donors (Lipinski definition) is 2. The van der Waals surface area contributed by atoms with Crippen LogP contribution in [0.1, 0.15) is 5.56 Å². The van der Waals surface area contributed by atoms with Gasteiger partial charge in [-0.3, -0.25) is 5.41 Å². The maximum absolute atomic E-state index is 14.0. The van der Waals surface area contributed by atoms with Crippen molar-refractivity contribution in [2.75, 3.05) is 11.9 Å². The first-order valence-corrected chi connectivity index (χ1v) is 5.73. The summed E-state index contributed by atoms with van der Waals surface area (Å²) in [5, 5.41) is 7.18. The van der Waals surface area contributed by atoms with Crippen molar-refractivity contribution < 1.29 is 13.2 Å². The van der Waals surface area contributed by atoms with Crippen LogP contribution in [0.5, 0.6) is 0 Å². The Labute approximate surface area is 114 Å². The van der Waals surface area contributed by atoms with Crippen molar-refractivity contribution in [3.63, 3.8) is 0 Å². The van der Waals surface area contributed by atoms with E-state index >= 15 is 0 Å². The number of anilines is 2. The normalized spacial score (nSPS) is 10.4. The summed E-state index contributed by atoms with van der Waals surface area (Å²) >= 11 is 0. The van der Waals surface area contributed by atoms with Crippen LogP contribution in [0.25, 0.3) is 0 Å². The largest absolute Gasteiger partial charge is 0.384 e. The third-order valence-corrected chi connectivity index (χ3v) is 2.88. The topological polar surface area (TPSA) is 53.1 Å². The smallest absolute Gasteiger partial charge is 0.150 e. The van der Waals surface area contributed by atoms with Crippen LogP contribution in [0.4, 0.5) is 24.5 Å². The van der Waals surface area contributed by atoms with Crippen LogP contribution in [0.2, 0.25) is 0 Å². The molecule has 0 aliphatic rings. The zero-order chi connectivity index (χ0) is 14.9. The Hall–Kier alpha value is -2.50. The Morgan fingerprint density at radius 3 is 2.10 bits per heavy atom. The monoisotopic (exact) mass is 279 g/mol. The summed E-state index contributed by atoms with van der Waals surface area (Å²) < 4.78 is 41.6. The van der Waals surface area contributed by atoms with E-state index in [1.165, 1.54) is 25.2 Å². The van der Waals surface area contributed by atoms with Gasteiger partial charge in [-0.15, -0.1) is 0 Å². The molecule has 0 saturated carbocycles. The molecule has 6 heteroatoms. The predicted molar refractivity (Wildman–Crippen MR) is 71.8 cm³/mol. The molecule has 0 bridgehead atoms. The number of hydrogen-bond acceptors (Lipinski definition) is 2. The summed E-state index contributed by atoms with van der Waals surface area (Å²) in [6, 6.07) is 7.54. The van der Waals surface area contributed by atoms with Gasteiger partial charge in [-0.2, -0.15) is 0 Å². The van der Waals surface area contributed by atoms with E-state index < -0.39 is 29.0 Å². The highest BCUT2D eigenvalue weighted by Gasteiger charge is 2.19. The number of halogens is 3. The van der Waals surface area contributed by atoms with Crippen molar-refractivity contribution in [3.8, 4) is 0 Å². The number of nitrogens with two attached hydrogens (primary N) is 1. The minimum absolute atomic E-state index is 0.0425. The van der Waals surface area contributed by atoms with Crippen molar-refractivity contribution in [1.29, 1.82) is 5.41 Å². The first-order valence-electron chi connectivity index (χ1n) is 5.73. The Balaban J connectivity index is 2.53. The fraction of sp³-hybridized carbons (Fsp3) is 0.0714. The van der Waals surface area contributed by atoms with Crippen molar-refractivity contribution in [2.24, 2.45) is 5.73 Å². The number of amidine groups is 1. The zero-order valence-corrected chi connectivity index (χ0v) is 10.6. The molecule has 0 spiro atoms. The number of rotatable bonds is 3. The number of nitrogen functional groups attached to an aromatic ring is 1. The predicted octanol–water partition coefficient (Wildman–Crippen LogP) is 3.16. The van der Waals surface area contributed by atoms with Crippen molar-refractivity contribution in [2.45, 2.75) is 0 Å². The first-order chi connectivity index (χ1) is 9.41. The molecule has 0 atom stereocenters. The van der Waals surface area contributed by atoms with Crippen molar-refractivity contribution in [1.82, 2.24) is 0 Å². The van der Waals surface area contributed by atoms with E-state index in [0.29, 0.717) is 0 Å². The lowest BCUT2D eigenvalue weighted by atomic mass is 10.1. The van der Waals surface area contributed by atoms with Crippen LogP contribution in [-0.2, 0) is 0 Å². The van der Waals surface area contributed by atoms with Crippen molar-refractivity contribution in [3.05, 3.63) is 59.4 Å². The lowest BCUT2D eigenvalue weighted by Crippen LogP contribution is -2.17. The molecule has 104 valence electrons. The van der Waals surface area contributed by atoms with Crippen LogP contribution in [0.3, 0.4) is 0 Å². The molecule has 0 saturated heterocycles. The summed E-state index contributed by atoms with van der Waals surface area (Å²) in [6.07, 6.45) is 0. The van der Waals surface area contributed by atoms with Crippen LogP contribution < -0.4 is 10.6 Å². The minimum atomic E-state index is -0.916. The summed E-state index contributed by atoms with van der Waals surface area (Å²) in [5.41, 5.74) is 4.76. The summed E-state index contributed by atoms with van der Waals surface area (Å²) in [5.74, 6) is -2.87. The average molecular weight is 279 g/mol. The second kappa shape index (κ2) is 5.24. The van der Waals surface area contributed by atoms with Crippen LogP contribution in [0.15, 0.2) is 36.4 Å². The average Bonchev–Trinajstić information content (AvgIpc) is 2.38. The van der Waals surface area contributed by atoms with Gasteiger partial charge in [0.15, 0.2) is 11.6 Å². The number of benzene rings is 2. The van der Waals surface area contributed by atoms with E-state index in [-0.39, 0.29) is 11.3 Å². The van der Waals surface area contributed by atoms with Gasteiger partial charge in [0.2, 0.25) is 0 Å². The molecular formula is C14H12F3N3. The van der Waals surface area contributed by atoms with E-state index in [4.69, 9.17) is 11.1 Å². The maximum atomic E-state index is 14.0. The molecule has 2 rings (SSSR count). The molecule has 0 heterocycles. The molecule has 0 aliphatic carbocycles. The van der Waals surface area contributed by atoms with E-state index in [2.05, 4.69) is 0 Å². The van der Waals surface area contributed by atoms with Gasteiger partial charge >= 0.3 is 0 Å². The lowest BCUT2D eigenvalue weighted by molar-refractivity contribution is 0.580. The van der Waals surface area contributed by atoms with E-state index in [0.717, 1.165) is 17.0 Å². The molecule has 0 fully saturated rings. The fourth-order valence-corrected chi connectivity index (χ4v) is 1.89. The molecular weight excluding hydrogens is 267 g/mol. The van der Waals surface area contributed by atoms with Gasteiger partial charge in [-0.25, -0.2) is 13.2 Å². The Kier molecular flexibility index (Phi) is 3.65. The Bertz CT molecular complexity index is 647. The summed E-state index contributed by atoms with van der Waals surface area (Å²) in [4.78, 5) is 1.07. The second-order valence-corrected chi connectivity index (χ2v) is 4.21. The third kappa shape index (κ3) is 2.45. The van der Waals surface area contributed by atoms with Gasteiger partial charge in [0.05, 0.1) is 5.69 Å². The molecule has 0 aromatic heterocycles. The molecule has 20 heavy (non-hydrogen) atoms. The Morgan fingerprint density at radius 1 is 1.05 bits per heavy atom. The highest BCUT2D eigenvalue weighted by molar-refractivity contribution is 5.95. The molecule has 0 radical (unpaired) electrons. The minimum Gasteiger partial charge on any atom is -0.384 e. The summed E-state index contributed by atoms with van der Waals surface area (Å²) in [7, 11) is 1.35. The van der Waals surface area contributed by atoms with Gasteiger partial charge < -0.3 is 10.6 Å². The summed E-state index contributed by atoms with van der Waals surface area (Å²) in [6.45, 7) is 0. The van der Waals surface area contributed by atoms with E-state index in [1.807, 2.05) is 0 Å². The second-order valence-electron chi connectivity index (χ2n) is 4.21. The number of nitrogens with one attached hydrogen (secondary N) is 1. The molecule has 0 amide bonds. The van der Waals surface area contributed by atoms with E-state index in [1.54, 1.807) is 6.07 Å². The van der Waals surface area contributed by atoms with Crippen molar-refractivity contribution >= 4 is 17.2 Å². The fourth-order valence-electron chi connectivity index (χ4n) is 1.89. The SMILES string of the molecule is CN(c1ccccc1F)c1c(F)cc(C(=N)N)cc1F. The molecule has 2 aromatic carbocycles. The Morgan fingerprint density at radius 2 is 1.60 bits per heavy atom. The van der Waals surface area contributed by atoms with Gasteiger partial charge in [-0.1, -0.05) is 12.1 Å². The molecule has 0 unspecified atom stereocenters. The highest BCUT2D eigenvalue weighted by atomic mass is 19.1. The van der Waals surface area contributed by atoms with Crippen LogP contribution >= 0.6 is 0 Å². The third-order valence-electron chi connectivity index (χ3n) is 2.88. The standard InChI is InChI=1S/C14H12F3N3/c1-20(12-5-3-2-4-9(12)15)13-10(16)6-8(14(18)19)7-11(13)17/h2-7H,1H3,(H3,18,19). The van der Waals surface area contributed by atoms with Crippen LogP contribution in [-0.4, -0.2) is 12.9 Å². The molecule has 3 N–H and O–H groups in total. The zero-order valence-electron chi connectivity index (χ0n) is 10.6. The quantitative estimate of drug-likeness (QED) is 0.670. The maximum Gasteiger partial charge on any atom is 0.150 e. The van der Waals surface area contributed by atoms with E-state index in [9.17, 15) is 13.2 Å². The molecule has 2 aromatic rings.